The van der Waals surface area contributed by atoms with Gasteiger partial charge in [-0.3, -0.25) is 19.3 Å². The molecule has 0 aliphatic carbocycles. The number of carbonyl (C=O) groups is 3. The zero-order valence-corrected chi connectivity index (χ0v) is 14.5. The lowest BCUT2D eigenvalue weighted by Gasteiger charge is -2.22. The van der Waals surface area contributed by atoms with Crippen LogP contribution >= 0.6 is 0 Å². The van der Waals surface area contributed by atoms with E-state index in [-0.39, 0.29) is 24.5 Å². The molecule has 0 saturated carbocycles. The maximum absolute atomic E-state index is 12.9. The summed E-state index contributed by atoms with van der Waals surface area (Å²) in [7, 11) is 0. The van der Waals surface area contributed by atoms with E-state index in [0.29, 0.717) is 24.0 Å². The van der Waals surface area contributed by atoms with Crippen LogP contribution in [0.5, 0.6) is 0 Å². The Morgan fingerprint density at radius 3 is 2.41 bits per heavy atom. The molecule has 1 aliphatic heterocycles. The molecule has 27 heavy (non-hydrogen) atoms. The Bertz CT molecular complexity index is 862. The molecule has 0 fully saturated rings. The predicted octanol–water partition coefficient (Wildman–Crippen LogP) is 3.56. The van der Waals surface area contributed by atoms with Gasteiger partial charge in [-0.1, -0.05) is 30.3 Å². The summed E-state index contributed by atoms with van der Waals surface area (Å²) >= 11 is 0. The molecule has 0 bridgehead atoms. The molecule has 1 atom stereocenters. The second-order valence-corrected chi connectivity index (χ2v) is 6.08. The van der Waals surface area contributed by atoms with E-state index in [1.165, 1.54) is 35.4 Å². The third-order valence-electron chi connectivity index (χ3n) is 4.25. The van der Waals surface area contributed by atoms with Gasteiger partial charge in [0.05, 0.1) is 5.70 Å². The Morgan fingerprint density at radius 2 is 1.74 bits per heavy atom. The Balaban J connectivity index is 1.61. The first-order valence-electron chi connectivity index (χ1n) is 8.57. The van der Waals surface area contributed by atoms with Crippen molar-refractivity contribution in [3.05, 3.63) is 77.8 Å². The Hall–Kier alpha value is -3.28. The lowest BCUT2D eigenvalue weighted by Crippen LogP contribution is -2.37. The molecular weight excluding hydrogens is 349 g/mol. The van der Waals surface area contributed by atoms with Gasteiger partial charge in [0.2, 0.25) is 12.1 Å². The number of halogens is 1. The van der Waals surface area contributed by atoms with E-state index < -0.39 is 12.0 Å². The predicted molar refractivity (Wildman–Crippen MR) is 96.8 cm³/mol. The molecular formula is C21H18FNO4. The van der Waals surface area contributed by atoms with Gasteiger partial charge in [-0.2, -0.15) is 0 Å². The van der Waals surface area contributed by atoms with Crippen LogP contribution in [0.1, 0.15) is 35.2 Å². The van der Waals surface area contributed by atoms with E-state index in [9.17, 15) is 18.8 Å². The zero-order chi connectivity index (χ0) is 19.2. The molecule has 2 aromatic carbocycles. The van der Waals surface area contributed by atoms with Crippen LogP contribution in [0.3, 0.4) is 0 Å². The van der Waals surface area contributed by atoms with Crippen LogP contribution in [0.25, 0.3) is 5.70 Å². The van der Waals surface area contributed by atoms with Gasteiger partial charge in [-0.25, -0.2) is 4.39 Å². The first-order valence-corrected chi connectivity index (χ1v) is 8.57. The summed E-state index contributed by atoms with van der Waals surface area (Å²) in [6, 6.07) is 14.4. The molecule has 0 aromatic heterocycles. The van der Waals surface area contributed by atoms with Crippen molar-refractivity contribution in [3.8, 4) is 0 Å². The van der Waals surface area contributed by atoms with Crippen molar-refractivity contribution in [1.82, 2.24) is 4.90 Å². The van der Waals surface area contributed by atoms with Gasteiger partial charge in [0.25, 0.3) is 0 Å². The normalized spacial score (nSPS) is 15.8. The van der Waals surface area contributed by atoms with E-state index in [1.807, 2.05) is 30.3 Å². The maximum atomic E-state index is 12.9. The van der Waals surface area contributed by atoms with Crippen molar-refractivity contribution in [3.63, 3.8) is 0 Å². The van der Waals surface area contributed by atoms with Crippen LogP contribution < -0.4 is 0 Å². The number of ether oxygens (including phenoxy) is 1. The summed E-state index contributed by atoms with van der Waals surface area (Å²) in [5.41, 5.74) is 1.68. The minimum atomic E-state index is -1.000. The minimum Gasteiger partial charge on any atom is -0.468 e. The van der Waals surface area contributed by atoms with Gasteiger partial charge in [0, 0.05) is 24.0 Å². The molecule has 5 nitrogen and oxygen atoms in total. The Morgan fingerprint density at radius 1 is 1.04 bits per heavy atom. The highest BCUT2D eigenvalue weighted by atomic mass is 19.1. The number of carbonyl (C=O) groups excluding carboxylic acids is 3. The Kier molecular flexibility index (Phi) is 5.76. The highest BCUT2D eigenvalue weighted by molar-refractivity contribution is 5.96. The number of Topliss-reactive ketones (excluding diaryl/α,β-unsaturated/α-hetero) is 1. The standard InChI is InChI=1S/C21H18FNO4/c22-17-11-9-16(10-12-17)19(25)7-4-8-20(26)23-18(14-27-21(23)13-24)15-5-2-1-3-6-15/h1-3,5-6,9-14,21H,4,7-8H2. The number of rotatable bonds is 7. The molecule has 0 spiro atoms. The van der Waals surface area contributed by atoms with Crippen molar-refractivity contribution in [2.45, 2.75) is 25.5 Å². The lowest BCUT2D eigenvalue weighted by molar-refractivity contribution is -0.138. The number of amides is 1. The number of aldehydes is 1. The molecule has 2 aromatic rings. The summed E-state index contributed by atoms with van der Waals surface area (Å²) in [6.07, 6.45) is 1.52. The third-order valence-corrected chi connectivity index (χ3v) is 4.25. The van der Waals surface area contributed by atoms with Crippen molar-refractivity contribution in [1.29, 1.82) is 0 Å². The Labute approximate surface area is 156 Å². The van der Waals surface area contributed by atoms with Crippen LogP contribution in [-0.2, 0) is 14.3 Å². The van der Waals surface area contributed by atoms with E-state index >= 15 is 0 Å². The smallest absolute Gasteiger partial charge is 0.234 e. The maximum Gasteiger partial charge on any atom is 0.234 e. The SMILES string of the molecule is O=CC1OC=C(c2ccccc2)N1C(=O)CCCC(=O)c1ccc(F)cc1. The first-order chi connectivity index (χ1) is 13.1. The van der Waals surface area contributed by atoms with E-state index in [2.05, 4.69) is 0 Å². The van der Waals surface area contributed by atoms with Crippen LogP contribution in [0.15, 0.2) is 60.9 Å². The summed E-state index contributed by atoms with van der Waals surface area (Å²) in [4.78, 5) is 37.3. The van der Waals surface area contributed by atoms with Crippen molar-refractivity contribution >= 4 is 23.7 Å². The molecule has 0 radical (unpaired) electrons. The van der Waals surface area contributed by atoms with E-state index in [0.717, 1.165) is 5.56 Å². The average molecular weight is 367 g/mol. The largest absolute Gasteiger partial charge is 0.468 e. The third kappa shape index (κ3) is 4.28. The molecule has 6 heteroatoms. The van der Waals surface area contributed by atoms with Crippen LogP contribution in [0, 0.1) is 5.82 Å². The number of benzene rings is 2. The fraction of sp³-hybridized carbons (Fsp3) is 0.190. The second-order valence-electron chi connectivity index (χ2n) is 6.08. The molecule has 0 saturated heterocycles. The van der Waals surface area contributed by atoms with Crippen LogP contribution in [0.4, 0.5) is 4.39 Å². The van der Waals surface area contributed by atoms with Gasteiger partial charge in [0.15, 0.2) is 12.1 Å². The van der Waals surface area contributed by atoms with Crippen LogP contribution in [0.2, 0.25) is 0 Å². The van der Waals surface area contributed by atoms with Gasteiger partial charge < -0.3 is 4.74 Å². The fourth-order valence-electron chi connectivity index (χ4n) is 2.87. The van der Waals surface area contributed by atoms with Gasteiger partial charge >= 0.3 is 0 Å². The molecule has 1 heterocycles. The van der Waals surface area contributed by atoms with Crippen molar-refractivity contribution < 1.29 is 23.5 Å². The summed E-state index contributed by atoms with van der Waals surface area (Å²) in [5.74, 6) is -0.867. The quantitative estimate of drug-likeness (QED) is 0.554. The number of hydrogen-bond acceptors (Lipinski definition) is 4. The fourth-order valence-corrected chi connectivity index (χ4v) is 2.87. The highest BCUT2D eigenvalue weighted by Gasteiger charge is 2.33. The number of nitrogens with zero attached hydrogens (tertiary/aromatic N) is 1. The topological polar surface area (TPSA) is 63.7 Å². The first kappa shape index (κ1) is 18.5. The molecule has 3 rings (SSSR count). The van der Waals surface area contributed by atoms with Gasteiger partial charge in [0.1, 0.15) is 12.1 Å². The van der Waals surface area contributed by atoms with E-state index in [4.69, 9.17) is 4.74 Å². The second kappa shape index (κ2) is 8.40. The monoisotopic (exact) mass is 367 g/mol. The molecule has 138 valence electrons. The van der Waals surface area contributed by atoms with Crippen LogP contribution in [-0.4, -0.2) is 29.1 Å². The van der Waals surface area contributed by atoms with Gasteiger partial charge in [-0.15, -0.1) is 0 Å². The summed E-state index contributed by atoms with van der Waals surface area (Å²) in [5, 5.41) is 0. The zero-order valence-electron chi connectivity index (χ0n) is 14.5. The summed E-state index contributed by atoms with van der Waals surface area (Å²) < 4.78 is 18.2. The van der Waals surface area contributed by atoms with Crippen molar-refractivity contribution in [2.75, 3.05) is 0 Å². The van der Waals surface area contributed by atoms with Crippen molar-refractivity contribution in [2.24, 2.45) is 0 Å². The number of ketones is 1. The lowest BCUT2D eigenvalue weighted by atomic mass is 10.0. The molecule has 1 aliphatic rings. The molecule has 1 amide bonds. The molecule has 1 unspecified atom stereocenters. The minimum absolute atomic E-state index is 0.0881. The highest BCUT2D eigenvalue weighted by Crippen LogP contribution is 2.28. The van der Waals surface area contributed by atoms with E-state index in [1.54, 1.807) is 0 Å². The average Bonchev–Trinajstić information content (AvgIpc) is 3.13. The van der Waals surface area contributed by atoms with Gasteiger partial charge in [-0.05, 0) is 30.7 Å². The molecule has 0 N–H and O–H groups in total. The number of hydrogen-bond donors (Lipinski definition) is 0. The summed E-state index contributed by atoms with van der Waals surface area (Å²) in [6.45, 7) is 0.